The number of rotatable bonds is 6. The van der Waals surface area contributed by atoms with Gasteiger partial charge in [0.15, 0.2) is 0 Å². The van der Waals surface area contributed by atoms with Crippen LogP contribution >= 0.6 is 0 Å². The number of hydrogen-bond donors (Lipinski definition) is 1. The first-order valence-electron chi connectivity index (χ1n) is 8.42. The van der Waals surface area contributed by atoms with Crippen molar-refractivity contribution < 1.29 is 4.39 Å². The monoisotopic (exact) mass is 292 g/mol. The molecule has 0 spiro atoms. The lowest BCUT2D eigenvalue weighted by molar-refractivity contribution is 0.0678. The Labute approximate surface area is 128 Å². The van der Waals surface area contributed by atoms with Gasteiger partial charge in [-0.2, -0.15) is 0 Å². The molecular formula is C18H29FN2. The zero-order chi connectivity index (χ0) is 15.2. The molecule has 1 aromatic carbocycles. The van der Waals surface area contributed by atoms with E-state index >= 15 is 0 Å². The van der Waals surface area contributed by atoms with E-state index in [9.17, 15) is 4.39 Å². The van der Waals surface area contributed by atoms with Gasteiger partial charge in [0.2, 0.25) is 0 Å². The molecule has 1 aliphatic rings. The topological polar surface area (TPSA) is 29.3 Å². The lowest BCUT2D eigenvalue weighted by atomic mass is 9.82. The van der Waals surface area contributed by atoms with Gasteiger partial charge in [-0.05, 0) is 56.0 Å². The van der Waals surface area contributed by atoms with E-state index < -0.39 is 0 Å². The second-order valence-electron chi connectivity index (χ2n) is 6.15. The van der Waals surface area contributed by atoms with Gasteiger partial charge in [-0.25, -0.2) is 4.39 Å². The summed E-state index contributed by atoms with van der Waals surface area (Å²) in [4.78, 5) is 2.60. The Balaban J connectivity index is 2.21. The Kier molecular flexibility index (Phi) is 6.19. The van der Waals surface area contributed by atoms with Gasteiger partial charge in [-0.3, -0.25) is 4.90 Å². The van der Waals surface area contributed by atoms with Gasteiger partial charge in [-0.15, -0.1) is 0 Å². The van der Waals surface area contributed by atoms with Crippen molar-refractivity contribution in [3.8, 4) is 0 Å². The fourth-order valence-electron chi connectivity index (χ4n) is 3.93. The SMILES string of the molecule is CCC(c1ccc(F)cc1)N(CC)C1CCCCC1CN. The van der Waals surface area contributed by atoms with Gasteiger partial charge < -0.3 is 5.73 Å². The van der Waals surface area contributed by atoms with E-state index in [1.165, 1.54) is 31.2 Å². The molecule has 118 valence electrons. The molecule has 3 atom stereocenters. The van der Waals surface area contributed by atoms with Crippen LogP contribution in [0.25, 0.3) is 0 Å². The van der Waals surface area contributed by atoms with Gasteiger partial charge in [-0.1, -0.05) is 38.8 Å². The molecule has 2 N–H and O–H groups in total. The van der Waals surface area contributed by atoms with Gasteiger partial charge in [0.05, 0.1) is 0 Å². The Morgan fingerprint density at radius 1 is 1.19 bits per heavy atom. The Bertz CT molecular complexity index is 418. The molecule has 0 aliphatic heterocycles. The molecule has 0 bridgehead atoms. The molecule has 0 heterocycles. The summed E-state index contributed by atoms with van der Waals surface area (Å²) in [5.74, 6) is 0.447. The van der Waals surface area contributed by atoms with Crippen molar-refractivity contribution in [1.29, 1.82) is 0 Å². The van der Waals surface area contributed by atoms with E-state index in [4.69, 9.17) is 5.73 Å². The molecule has 0 radical (unpaired) electrons. The lowest BCUT2D eigenvalue weighted by Gasteiger charge is -2.43. The average Bonchev–Trinajstić information content (AvgIpc) is 2.53. The largest absolute Gasteiger partial charge is 0.330 e. The highest BCUT2D eigenvalue weighted by Crippen LogP contribution is 2.34. The van der Waals surface area contributed by atoms with E-state index in [2.05, 4.69) is 18.7 Å². The summed E-state index contributed by atoms with van der Waals surface area (Å²) >= 11 is 0. The third kappa shape index (κ3) is 3.83. The molecular weight excluding hydrogens is 263 g/mol. The Morgan fingerprint density at radius 3 is 2.43 bits per heavy atom. The number of nitrogens with two attached hydrogens (primary N) is 1. The van der Waals surface area contributed by atoms with Crippen molar-refractivity contribution in [2.24, 2.45) is 11.7 Å². The third-order valence-electron chi connectivity index (χ3n) is 5.00. The fourth-order valence-corrected chi connectivity index (χ4v) is 3.93. The van der Waals surface area contributed by atoms with Gasteiger partial charge in [0.25, 0.3) is 0 Å². The highest BCUT2D eigenvalue weighted by Gasteiger charge is 2.32. The standard InChI is InChI=1S/C18H29FN2/c1-3-17(14-9-11-16(19)12-10-14)21(4-2)18-8-6-5-7-15(18)13-20/h9-12,15,17-18H,3-8,13,20H2,1-2H3. The van der Waals surface area contributed by atoms with Crippen LogP contribution in [0.5, 0.6) is 0 Å². The Hall–Kier alpha value is -0.930. The maximum absolute atomic E-state index is 13.2. The summed E-state index contributed by atoms with van der Waals surface area (Å²) in [6, 6.07) is 7.97. The molecule has 1 fully saturated rings. The number of halogens is 1. The minimum absolute atomic E-state index is 0.158. The maximum Gasteiger partial charge on any atom is 0.123 e. The minimum Gasteiger partial charge on any atom is -0.330 e. The van der Waals surface area contributed by atoms with Crippen LogP contribution < -0.4 is 5.73 Å². The smallest absolute Gasteiger partial charge is 0.123 e. The van der Waals surface area contributed by atoms with Crippen molar-refractivity contribution in [2.45, 2.75) is 58.0 Å². The van der Waals surface area contributed by atoms with E-state index in [1.807, 2.05) is 12.1 Å². The highest BCUT2D eigenvalue weighted by atomic mass is 19.1. The first-order chi connectivity index (χ1) is 10.2. The molecule has 0 saturated heterocycles. The normalized spacial score (nSPS) is 24.2. The average molecular weight is 292 g/mol. The van der Waals surface area contributed by atoms with E-state index in [0.717, 1.165) is 19.5 Å². The van der Waals surface area contributed by atoms with Crippen LogP contribution in [0.2, 0.25) is 0 Å². The van der Waals surface area contributed by atoms with Crippen molar-refractivity contribution in [2.75, 3.05) is 13.1 Å². The second kappa shape index (κ2) is 7.90. The van der Waals surface area contributed by atoms with Crippen LogP contribution in [0.3, 0.4) is 0 Å². The van der Waals surface area contributed by atoms with Crippen LogP contribution in [0.15, 0.2) is 24.3 Å². The molecule has 1 aliphatic carbocycles. The summed E-state index contributed by atoms with van der Waals surface area (Å²) < 4.78 is 13.2. The molecule has 1 saturated carbocycles. The van der Waals surface area contributed by atoms with Gasteiger partial charge in [0, 0.05) is 12.1 Å². The number of hydrogen-bond acceptors (Lipinski definition) is 2. The molecule has 1 aromatic rings. The molecule has 2 nitrogen and oxygen atoms in total. The molecule has 3 unspecified atom stereocenters. The van der Waals surface area contributed by atoms with Gasteiger partial charge in [0.1, 0.15) is 5.82 Å². The molecule has 2 rings (SSSR count). The van der Waals surface area contributed by atoms with Crippen LogP contribution in [-0.4, -0.2) is 24.0 Å². The summed E-state index contributed by atoms with van der Waals surface area (Å²) in [7, 11) is 0. The van der Waals surface area contributed by atoms with Crippen molar-refractivity contribution in [1.82, 2.24) is 4.90 Å². The first-order valence-corrected chi connectivity index (χ1v) is 8.42. The van der Waals surface area contributed by atoms with Crippen LogP contribution in [0.4, 0.5) is 4.39 Å². The molecule has 0 aromatic heterocycles. The molecule has 21 heavy (non-hydrogen) atoms. The maximum atomic E-state index is 13.2. The van der Waals surface area contributed by atoms with Crippen molar-refractivity contribution >= 4 is 0 Å². The zero-order valence-corrected chi connectivity index (χ0v) is 13.4. The number of nitrogens with zero attached hydrogens (tertiary/aromatic N) is 1. The molecule has 3 heteroatoms. The van der Waals surface area contributed by atoms with Crippen molar-refractivity contribution in [3.63, 3.8) is 0 Å². The van der Waals surface area contributed by atoms with E-state index in [0.29, 0.717) is 18.0 Å². The summed E-state index contributed by atoms with van der Waals surface area (Å²) in [5.41, 5.74) is 7.23. The summed E-state index contributed by atoms with van der Waals surface area (Å²) in [5, 5.41) is 0. The summed E-state index contributed by atoms with van der Waals surface area (Å²) in [6.07, 6.45) is 6.15. The van der Waals surface area contributed by atoms with Crippen LogP contribution in [0, 0.1) is 11.7 Å². The minimum atomic E-state index is -0.158. The van der Waals surface area contributed by atoms with Gasteiger partial charge >= 0.3 is 0 Å². The zero-order valence-electron chi connectivity index (χ0n) is 13.4. The van der Waals surface area contributed by atoms with Crippen LogP contribution in [0.1, 0.15) is 57.6 Å². The number of benzene rings is 1. The highest BCUT2D eigenvalue weighted by molar-refractivity contribution is 5.20. The molecule has 0 amide bonds. The third-order valence-corrected chi connectivity index (χ3v) is 5.00. The van der Waals surface area contributed by atoms with E-state index in [1.54, 1.807) is 12.1 Å². The Morgan fingerprint density at radius 2 is 1.86 bits per heavy atom. The lowest BCUT2D eigenvalue weighted by Crippen LogP contribution is -2.46. The first kappa shape index (κ1) is 16.4. The predicted molar refractivity (Wildman–Crippen MR) is 86.6 cm³/mol. The van der Waals surface area contributed by atoms with Crippen LogP contribution in [-0.2, 0) is 0 Å². The summed E-state index contributed by atoms with van der Waals surface area (Å²) in [6.45, 7) is 6.25. The van der Waals surface area contributed by atoms with Crippen molar-refractivity contribution in [3.05, 3.63) is 35.6 Å². The fraction of sp³-hybridized carbons (Fsp3) is 0.667. The van der Waals surface area contributed by atoms with E-state index in [-0.39, 0.29) is 5.82 Å². The second-order valence-corrected chi connectivity index (χ2v) is 6.15. The quantitative estimate of drug-likeness (QED) is 0.854. The predicted octanol–water partition coefficient (Wildman–Crippen LogP) is 4.12.